The fourth-order valence-corrected chi connectivity index (χ4v) is 1.87. The van der Waals surface area contributed by atoms with Gasteiger partial charge in [-0.3, -0.25) is 4.79 Å². The van der Waals surface area contributed by atoms with Crippen LogP contribution >= 0.6 is 0 Å². The lowest BCUT2D eigenvalue weighted by Crippen LogP contribution is -3.00. The van der Waals surface area contributed by atoms with E-state index in [0.29, 0.717) is 28.7 Å². The van der Waals surface area contributed by atoms with E-state index in [1.165, 1.54) is 0 Å². The maximum atomic E-state index is 11.3. The van der Waals surface area contributed by atoms with Crippen LogP contribution in [0, 0.1) is 0 Å². The Kier molecular flexibility index (Phi) is 11.6. The molecule has 0 saturated carbocycles. The first-order valence-corrected chi connectivity index (χ1v) is 7.31. The first-order chi connectivity index (χ1) is 10.0. The van der Waals surface area contributed by atoms with Crippen molar-refractivity contribution < 1.29 is 36.3 Å². The summed E-state index contributed by atoms with van der Waals surface area (Å²) in [4.78, 5) is 22.6. The fourth-order valence-electron chi connectivity index (χ4n) is 1.87. The number of hydrogen-bond donors (Lipinski definition) is 2. The number of nitrogens with zero attached hydrogens (tertiary/aromatic N) is 1. The van der Waals surface area contributed by atoms with Gasteiger partial charge in [-0.2, -0.15) is 0 Å². The lowest BCUT2D eigenvalue weighted by atomic mass is 10.2. The number of likely N-dealkylation sites (N-methyl/N-ethyl adjacent to an activating group) is 1. The standard InChI is InChI=1S/C16H28N2O4.ClH/c1-12(2)15(20)17-8-7-9-18(5,6)10-14(19)11-22-16(21)13(3)4;/h14,19H,1,3,7-11H2,2,4-6H3;1H. The van der Waals surface area contributed by atoms with Crippen LogP contribution in [0.3, 0.4) is 0 Å². The predicted octanol–water partition coefficient (Wildman–Crippen LogP) is -2.37. The molecule has 0 aromatic rings. The van der Waals surface area contributed by atoms with Crippen LogP contribution < -0.4 is 17.7 Å². The zero-order valence-corrected chi connectivity index (χ0v) is 15.3. The molecule has 0 fully saturated rings. The number of halogens is 1. The average molecular weight is 349 g/mol. The molecule has 0 aliphatic carbocycles. The summed E-state index contributed by atoms with van der Waals surface area (Å²) in [5.41, 5.74) is 0.803. The molecule has 1 atom stereocenters. The average Bonchev–Trinajstić information content (AvgIpc) is 2.39. The molecule has 0 bridgehead atoms. The molecule has 2 N–H and O–H groups in total. The fraction of sp³-hybridized carbons (Fsp3) is 0.625. The molecule has 1 amide bonds. The molecule has 0 radical (unpaired) electrons. The number of quaternary nitrogens is 1. The Morgan fingerprint density at radius 2 is 1.78 bits per heavy atom. The largest absolute Gasteiger partial charge is 1.00 e. The summed E-state index contributed by atoms with van der Waals surface area (Å²) in [7, 11) is 3.95. The third kappa shape index (κ3) is 11.8. The Hall–Kier alpha value is -1.37. The van der Waals surface area contributed by atoms with Crippen molar-refractivity contribution in [3.63, 3.8) is 0 Å². The number of nitrogens with one attached hydrogen (secondary N) is 1. The number of carbonyl (C=O) groups is 2. The van der Waals surface area contributed by atoms with Gasteiger partial charge in [-0.25, -0.2) is 4.79 Å². The minimum Gasteiger partial charge on any atom is -1.00 e. The highest BCUT2D eigenvalue weighted by Crippen LogP contribution is 2.03. The van der Waals surface area contributed by atoms with Crippen molar-refractivity contribution >= 4 is 11.9 Å². The van der Waals surface area contributed by atoms with Gasteiger partial charge in [0.2, 0.25) is 5.91 Å². The summed E-state index contributed by atoms with van der Waals surface area (Å²) in [6, 6.07) is 0. The number of aliphatic hydroxyl groups is 1. The summed E-state index contributed by atoms with van der Waals surface area (Å²) in [6.07, 6.45) is 0.0490. The number of aliphatic hydroxyl groups excluding tert-OH is 1. The first kappa shape index (κ1) is 23.9. The molecule has 23 heavy (non-hydrogen) atoms. The number of hydrogen-bond acceptors (Lipinski definition) is 4. The maximum absolute atomic E-state index is 11.3. The van der Waals surface area contributed by atoms with Crippen LogP contribution in [0.25, 0.3) is 0 Å². The first-order valence-electron chi connectivity index (χ1n) is 7.31. The lowest BCUT2D eigenvalue weighted by molar-refractivity contribution is -0.893. The van der Waals surface area contributed by atoms with Crippen molar-refractivity contribution in [2.24, 2.45) is 0 Å². The Bertz CT molecular complexity index is 436. The predicted molar refractivity (Wildman–Crippen MR) is 86.1 cm³/mol. The Morgan fingerprint density at radius 3 is 2.26 bits per heavy atom. The number of amides is 1. The SMILES string of the molecule is C=C(C)C(=O)NCCC[N+](C)(C)CC(O)COC(=O)C(=C)C.[Cl-]. The minimum atomic E-state index is -0.733. The van der Waals surface area contributed by atoms with Crippen LogP contribution in [-0.4, -0.2) is 67.9 Å². The van der Waals surface area contributed by atoms with Gasteiger partial charge in [0.1, 0.15) is 19.3 Å². The summed E-state index contributed by atoms with van der Waals surface area (Å²) in [6.45, 7) is 12.0. The third-order valence-electron chi connectivity index (χ3n) is 3.07. The van der Waals surface area contributed by atoms with E-state index in [0.717, 1.165) is 13.0 Å². The number of esters is 1. The number of ether oxygens (including phenoxy) is 1. The van der Waals surface area contributed by atoms with E-state index in [9.17, 15) is 14.7 Å². The molecule has 0 aromatic carbocycles. The Balaban J connectivity index is 0. The lowest BCUT2D eigenvalue weighted by Gasteiger charge is -2.31. The van der Waals surface area contributed by atoms with E-state index < -0.39 is 12.1 Å². The number of carbonyl (C=O) groups excluding carboxylic acids is 2. The molecule has 6 nitrogen and oxygen atoms in total. The van der Waals surface area contributed by atoms with E-state index in [1.54, 1.807) is 13.8 Å². The molecular formula is C16H29ClN2O4. The highest BCUT2D eigenvalue weighted by Gasteiger charge is 2.21. The second kappa shape index (κ2) is 11.2. The van der Waals surface area contributed by atoms with Gasteiger partial charge in [-0.05, 0) is 13.8 Å². The van der Waals surface area contributed by atoms with E-state index in [-0.39, 0.29) is 24.9 Å². The molecule has 0 heterocycles. The summed E-state index contributed by atoms with van der Waals surface area (Å²) < 4.78 is 5.49. The normalized spacial score (nSPS) is 11.9. The van der Waals surface area contributed by atoms with Crippen molar-refractivity contribution in [1.82, 2.24) is 5.32 Å². The van der Waals surface area contributed by atoms with Crippen molar-refractivity contribution in [3.05, 3.63) is 24.3 Å². The second-order valence-electron chi connectivity index (χ2n) is 6.26. The van der Waals surface area contributed by atoms with Crippen LogP contribution in [0.4, 0.5) is 0 Å². The van der Waals surface area contributed by atoms with Crippen LogP contribution in [0.2, 0.25) is 0 Å². The molecule has 0 aliphatic rings. The molecular weight excluding hydrogens is 320 g/mol. The van der Waals surface area contributed by atoms with Gasteiger partial charge >= 0.3 is 5.97 Å². The molecule has 7 heteroatoms. The highest BCUT2D eigenvalue weighted by molar-refractivity contribution is 5.92. The van der Waals surface area contributed by atoms with Gasteiger partial charge in [-0.15, -0.1) is 0 Å². The van der Waals surface area contributed by atoms with Crippen molar-refractivity contribution in [2.75, 3.05) is 40.3 Å². The molecule has 134 valence electrons. The number of rotatable bonds is 10. The van der Waals surface area contributed by atoms with E-state index in [4.69, 9.17) is 4.74 Å². The van der Waals surface area contributed by atoms with E-state index >= 15 is 0 Å². The van der Waals surface area contributed by atoms with Gasteiger partial charge in [-0.1, -0.05) is 13.2 Å². The third-order valence-corrected chi connectivity index (χ3v) is 3.07. The molecule has 0 aromatic heterocycles. The van der Waals surface area contributed by atoms with Crippen molar-refractivity contribution in [1.29, 1.82) is 0 Å². The van der Waals surface area contributed by atoms with Crippen molar-refractivity contribution in [2.45, 2.75) is 26.4 Å². The Labute approximate surface area is 145 Å². The van der Waals surface area contributed by atoms with E-state index in [1.807, 2.05) is 14.1 Å². The monoisotopic (exact) mass is 348 g/mol. The topological polar surface area (TPSA) is 75.6 Å². The van der Waals surface area contributed by atoms with Gasteiger partial charge in [0.05, 0.1) is 20.6 Å². The minimum absolute atomic E-state index is 0. The zero-order chi connectivity index (χ0) is 17.3. The molecule has 1 unspecified atom stereocenters. The summed E-state index contributed by atoms with van der Waals surface area (Å²) in [5.74, 6) is -0.635. The summed E-state index contributed by atoms with van der Waals surface area (Å²) in [5, 5.41) is 12.7. The quantitative estimate of drug-likeness (QED) is 0.200. The zero-order valence-electron chi connectivity index (χ0n) is 14.5. The van der Waals surface area contributed by atoms with Crippen LogP contribution in [0.1, 0.15) is 20.3 Å². The van der Waals surface area contributed by atoms with Gasteiger partial charge in [0.15, 0.2) is 0 Å². The highest BCUT2D eigenvalue weighted by atomic mass is 35.5. The smallest absolute Gasteiger partial charge is 0.333 e. The van der Waals surface area contributed by atoms with Crippen LogP contribution in [-0.2, 0) is 14.3 Å². The van der Waals surface area contributed by atoms with Crippen LogP contribution in [0.5, 0.6) is 0 Å². The van der Waals surface area contributed by atoms with Crippen LogP contribution in [0.15, 0.2) is 24.3 Å². The molecule has 0 aliphatic heterocycles. The molecule has 0 saturated heterocycles. The summed E-state index contributed by atoms with van der Waals surface area (Å²) >= 11 is 0. The van der Waals surface area contributed by atoms with E-state index in [2.05, 4.69) is 18.5 Å². The second-order valence-corrected chi connectivity index (χ2v) is 6.26. The van der Waals surface area contributed by atoms with Gasteiger partial charge in [0, 0.05) is 24.1 Å². The maximum Gasteiger partial charge on any atom is 0.333 e. The van der Waals surface area contributed by atoms with Gasteiger partial charge < -0.3 is 32.1 Å². The van der Waals surface area contributed by atoms with Crippen molar-refractivity contribution in [3.8, 4) is 0 Å². The molecule has 0 rings (SSSR count). The Morgan fingerprint density at radius 1 is 1.22 bits per heavy atom. The molecule has 0 spiro atoms. The van der Waals surface area contributed by atoms with Gasteiger partial charge in [0.25, 0.3) is 0 Å².